The highest BCUT2D eigenvalue weighted by molar-refractivity contribution is 7.99. The molecule has 1 saturated heterocycles. The smallest absolute Gasteiger partial charge is 0.263 e. The second-order valence-electron chi connectivity index (χ2n) is 6.82. The lowest BCUT2D eigenvalue weighted by Gasteiger charge is -2.15. The van der Waals surface area contributed by atoms with Crippen LogP contribution in [-0.4, -0.2) is 36.3 Å². The van der Waals surface area contributed by atoms with Gasteiger partial charge in [0.15, 0.2) is 0 Å². The Morgan fingerprint density at radius 2 is 1.93 bits per heavy atom. The van der Waals surface area contributed by atoms with Gasteiger partial charge >= 0.3 is 0 Å². The summed E-state index contributed by atoms with van der Waals surface area (Å²) in [6, 6.07) is 19.7. The number of hydrogen-bond donors (Lipinski definition) is 2. The number of rotatable bonds is 9. The predicted molar refractivity (Wildman–Crippen MR) is 118 cm³/mol. The molecule has 7 heteroatoms. The van der Waals surface area contributed by atoms with E-state index in [1.807, 2.05) is 65.6 Å². The Labute approximate surface area is 181 Å². The van der Waals surface area contributed by atoms with Crippen LogP contribution in [0.5, 0.6) is 0 Å². The molecule has 0 atom stereocenters. The van der Waals surface area contributed by atoms with Crippen molar-refractivity contribution in [2.24, 2.45) is 0 Å². The van der Waals surface area contributed by atoms with E-state index in [2.05, 4.69) is 10.6 Å². The van der Waals surface area contributed by atoms with Crippen molar-refractivity contribution in [2.75, 3.05) is 25.0 Å². The summed E-state index contributed by atoms with van der Waals surface area (Å²) >= 11 is 1.60. The van der Waals surface area contributed by atoms with Crippen LogP contribution < -0.4 is 10.6 Å². The first-order valence-electron chi connectivity index (χ1n) is 9.92. The molecule has 154 valence electrons. The minimum absolute atomic E-state index is 0.00626. The minimum atomic E-state index is -0.425. The van der Waals surface area contributed by atoms with Gasteiger partial charge in [-0.25, -0.2) is 0 Å². The lowest BCUT2D eigenvalue weighted by molar-refractivity contribution is -0.127. The van der Waals surface area contributed by atoms with Gasteiger partial charge in [-0.05, 0) is 37.1 Å². The van der Waals surface area contributed by atoms with Gasteiger partial charge in [0.05, 0.1) is 5.69 Å². The number of anilines is 1. The largest absolute Gasteiger partial charge is 0.359 e. The highest BCUT2D eigenvalue weighted by atomic mass is 32.2. The lowest BCUT2D eigenvalue weighted by Crippen LogP contribution is -2.31. The second kappa shape index (κ2) is 11.1. The van der Waals surface area contributed by atoms with E-state index in [1.165, 1.54) is 6.20 Å². The molecule has 0 unspecified atom stereocenters. The van der Waals surface area contributed by atoms with Crippen molar-refractivity contribution in [3.05, 3.63) is 66.4 Å². The lowest BCUT2D eigenvalue weighted by atomic mass is 10.2. The molecule has 0 radical (unpaired) electrons. The SMILES string of the molecule is N#C/C(=C/Nc1ccccc1Sc1ccccc1)C(=O)NCCCN1CCCC1=O. The first kappa shape index (κ1) is 21.5. The molecular formula is C23H24N4O2S. The third-order valence-electron chi connectivity index (χ3n) is 4.66. The van der Waals surface area contributed by atoms with Crippen molar-refractivity contribution < 1.29 is 9.59 Å². The highest BCUT2D eigenvalue weighted by Crippen LogP contribution is 2.33. The minimum Gasteiger partial charge on any atom is -0.359 e. The molecule has 2 amide bonds. The number of amides is 2. The molecule has 0 spiro atoms. The molecule has 1 fully saturated rings. The van der Waals surface area contributed by atoms with Gasteiger partial charge in [0.1, 0.15) is 11.6 Å². The van der Waals surface area contributed by atoms with E-state index in [0.29, 0.717) is 25.9 Å². The summed E-state index contributed by atoms with van der Waals surface area (Å²) in [4.78, 5) is 27.8. The number of likely N-dealkylation sites (tertiary alicyclic amines) is 1. The fourth-order valence-electron chi connectivity index (χ4n) is 3.10. The Morgan fingerprint density at radius 3 is 2.67 bits per heavy atom. The van der Waals surface area contributed by atoms with Gasteiger partial charge < -0.3 is 15.5 Å². The van der Waals surface area contributed by atoms with E-state index in [4.69, 9.17) is 0 Å². The maximum atomic E-state index is 12.3. The third-order valence-corrected chi connectivity index (χ3v) is 5.74. The van der Waals surface area contributed by atoms with Crippen LogP contribution in [0.15, 0.2) is 76.2 Å². The van der Waals surface area contributed by atoms with Crippen molar-refractivity contribution >= 4 is 29.3 Å². The van der Waals surface area contributed by atoms with Gasteiger partial charge in [-0.3, -0.25) is 9.59 Å². The van der Waals surface area contributed by atoms with Crippen molar-refractivity contribution in [2.45, 2.75) is 29.1 Å². The predicted octanol–water partition coefficient (Wildman–Crippen LogP) is 3.79. The van der Waals surface area contributed by atoms with E-state index in [-0.39, 0.29) is 11.5 Å². The molecule has 30 heavy (non-hydrogen) atoms. The number of nitrogens with one attached hydrogen (secondary N) is 2. The fraction of sp³-hybridized carbons (Fsp3) is 0.261. The summed E-state index contributed by atoms with van der Waals surface area (Å²) in [6.07, 6.45) is 3.62. The fourth-order valence-corrected chi connectivity index (χ4v) is 4.03. The van der Waals surface area contributed by atoms with Gasteiger partial charge in [-0.1, -0.05) is 42.1 Å². The van der Waals surface area contributed by atoms with E-state index >= 15 is 0 Å². The van der Waals surface area contributed by atoms with E-state index in [9.17, 15) is 14.9 Å². The molecule has 0 saturated carbocycles. The van der Waals surface area contributed by atoms with Crippen LogP contribution >= 0.6 is 11.8 Å². The number of benzene rings is 2. The molecule has 0 aliphatic carbocycles. The van der Waals surface area contributed by atoms with Crippen molar-refractivity contribution in [3.63, 3.8) is 0 Å². The summed E-state index contributed by atoms with van der Waals surface area (Å²) in [5.74, 6) is -0.249. The maximum absolute atomic E-state index is 12.3. The zero-order valence-electron chi connectivity index (χ0n) is 16.6. The van der Waals surface area contributed by atoms with Gasteiger partial charge in [-0.15, -0.1) is 0 Å². The van der Waals surface area contributed by atoms with E-state index in [1.54, 1.807) is 11.8 Å². The van der Waals surface area contributed by atoms with Gasteiger partial charge in [0.2, 0.25) is 5.91 Å². The highest BCUT2D eigenvalue weighted by Gasteiger charge is 2.19. The monoisotopic (exact) mass is 420 g/mol. The topological polar surface area (TPSA) is 85.2 Å². The molecule has 6 nitrogen and oxygen atoms in total. The standard InChI is InChI=1S/C23H24N4O2S/c24-16-18(23(29)25-13-7-15-27-14-6-12-22(27)28)17-26-20-10-4-5-11-21(20)30-19-8-2-1-3-9-19/h1-5,8-11,17,26H,6-7,12-15H2,(H,25,29)/b18-17-. The quantitative estimate of drug-likeness (QED) is 0.366. The zero-order chi connectivity index (χ0) is 21.2. The summed E-state index contributed by atoms with van der Waals surface area (Å²) in [5, 5.41) is 15.2. The second-order valence-corrected chi connectivity index (χ2v) is 7.93. The van der Waals surface area contributed by atoms with Crippen LogP contribution in [0.4, 0.5) is 5.69 Å². The molecule has 0 aromatic heterocycles. The van der Waals surface area contributed by atoms with Crippen molar-refractivity contribution in [3.8, 4) is 6.07 Å². The average molecular weight is 421 g/mol. The summed E-state index contributed by atoms with van der Waals surface area (Å²) in [7, 11) is 0. The van der Waals surface area contributed by atoms with Gasteiger partial charge in [-0.2, -0.15) is 5.26 Å². The number of nitrogens with zero attached hydrogens (tertiary/aromatic N) is 2. The van der Waals surface area contributed by atoms with E-state index in [0.717, 1.165) is 28.4 Å². The Bertz CT molecular complexity index is 953. The number of carbonyl (C=O) groups is 2. The molecule has 1 aliphatic heterocycles. The Kier molecular flexibility index (Phi) is 7.93. The van der Waals surface area contributed by atoms with E-state index < -0.39 is 5.91 Å². The molecule has 3 rings (SSSR count). The molecular weight excluding hydrogens is 396 g/mol. The van der Waals surface area contributed by atoms with Crippen LogP contribution in [0.1, 0.15) is 19.3 Å². The van der Waals surface area contributed by atoms with Gasteiger partial charge in [0.25, 0.3) is 5.91 Å². The van der Waals surface area contributed by atoms with Crippen LogP contribution in [-0.2, 0) is 9.59 Å². The number of para-hydroxylation sites is 1. The third kappa shape index (κ3) is 6.13. The molecule has 1 aliphatic rings. The first-order valence-corrected chi connectivity index (χ1v) is 10.7. The van der Waals surface area contributed by atoms with Crippen molar-refractivity contribution in [1.82, 2.24) is 10.2 Å². The average Bonchev–Trinajstić information content (AvgIpc) is 3.18. The van der Waals surface area contributed by atoms with Crippen LogP contribution in [0, 0.1) is 11.3 Å². The Hall–Kier alpha value is -3.24. The zero-order valence-corrected chi connectivity index (χ0v) is 17.5. The maximum Gasteiger partial charge on any atom is 0.263 e. The number of nitriles is 1. The van der Waals surface area contributed by atoms with Crippen molar-refractivity contribution in [1.29, 1.82) is 5.26 Å². The Morgan fingerprint density at radius 1 is 1.17 bits per heavy atom. The van der Waals surface area contributed by atoms with Crippen LogP contribution in [0.25, 0.3) is 0 Å². The summed E-state index contributed by atoms with van der Waals surface area (Å²) in [5.41, 5.74) is 0.825. The first-order chi connectivity index (χ1) is 14.7. The molecule has 2 N–H and O–H groups in total. The Balaban J connectivity index is 1.54. The number of carbonyl (C=O) groups excluding carboxylic acids is 2. The normalized spacial score (nSPS) is 13.8. The van der Waals surface area contributed by atoms with Gasteiger partial charge in [0, 0.05) is 42.0 Å². The van der Waals surface area contributed by atoms with Crippen LogP contribution in [0.2, 0.25) is 0 Å². The molecule has 0 bridgehead atoms. The summed E-state index contributed by atoms with van der Waals surface area (Å²) < 4.78 is 0. The molecule has 1 heterocycles. The summed E-state index contributed by atoms with van der Waals surface area (Å²) in [6.45, 7) is 1.84. The molecule has 2 aromatic rings. The van der Waals surface area contributed by atoms with Crippen LogP contribution in [0.3, 0.4) is 0 Å². The number of hydrogen-bond acceptors (Lipinski definition) is 5. The molecule has 2 aromatic carbocycles.